The summed E-state index contributed by atoms with van der Waals surface area (Å²) in [4.78, 5) is 13.5. The van der Waals surface area contributed by atoms with Gasteiger partial charge in [0, 0.05) is 26.2 Å². The van der Waals surface area contributed by atoms with Crippen LogP contribution in [0.2, 0.25) is 0 Å². The second kappa shape index (κ2) is 6.91. The Kier molecular flexibility index (Phi) is 5.49. The van der Waals surface area contributed by atoms with Gasteiger partial charge in [0.2, 0.25) is 0 Å². The van der Waals surface area contributed by atoms with Crippen molar-refractivity contribution in [2.75, 3.05) is 13.1 Å². The van der Waals surface area contributed by atoms with Crippen molar-refractivity contribution in [2.45, 2.75) is 26.9 Å². The van der Waals surface area contributed by atoms with Gasteiger partial charge < -0.3 is 16.0 Å². The summed E-state index contributed by atoms with van der Waals surface area (Å²) in [5, 5.41) is 2.90. The van der Waals surface area contributed by atoms with Crippen molar-refractivity contribution in [2.24, 2.45) is 5.73 Å². The first-order valence-electron chi connectivity index (χ1n) is 6.01. The fourth-order valence-corrected chi connectivity index (χ4v) is 1.67. The van der Waals surface area contributed by atoms with Crippen molar-refractivity contribution in [3.05, 3.63) is 35.4 Å². The molecule has 94 valence electrons. The average Bonchev–Trinajstić information content (AvgIpc) is 2.38. The van der Waals surface area contributed by atoms with Gasteiger partial charge in [-0.15, -0.1) is 0 Å². The van der Waals surface area contributed by atoms with Gasteiger partial charge >= 0.3 is 6.03 Å². The Hall–Kier alpha value is -1.55. The van der Waals surface area contributed by atoms with E-state index in [9.17, 15) is 4.79 Å². The molecule has 2 amide bonds. The van der Waals surface area contributed by atoms with Crippen LogP contribution in [0.5, 0.6) is 0 Å². The quantitative estimate of drug-likeness (QED) is 0.816. The molecular formula is C13H21N3O. The number of rotatable bonds is 5. The van der Waals surface area contributed by atoms with Crippen molar-refractivity contribution >= 4 is 6.03 Å². The van der Waals surface area contributed by atoms with E-state index >= 15 is 0 Å². The Morgan fingerprint density at radius 1 is 1.29 bits per heavy atom. The largest absolute Gasteiger partial charge is 0.334 e. The van der Waals surface area contributed by atoms with E-state index in [0.29, 0.717) is 13.1 Å². The molecule has 0 aliphatic heterocycles. The maximum absolute atomic E-state index is 11.7. The number of hydrogen-bond acceptors (Lipinski definition) is 2. The number of nitrogens with one attached hydrogen (secondary N) is 1. The molecule has 1 aromatic rings. The molecule has 0 bridgehead atoms. The van der Waals surface area contributed by atoms with Crippen LogP contribution in [0, 0.1) is 0 Å². The Morgan fingerprint density at radius 3 is 2.53 bits per heavy atom. The molecule has 0 radical (unpaired) electrons. The first-order chi connectivity index (χ1) is 8.21. The van der Waals surface area contributed by atoms with Crippen LogP contribution in [0.1, 0.15) is 25.0 Å². The first kappa shape index (κ1) is 13.5. The number of benzene rings is 1. The number of hydrogen-bond donors (Lipinski definition) is 2. The number of amides is 2. The third-order valence-electron chi connectivity index (χ3n) is 2.72. The lowest BCUT2D eigenvalue weighted by Gasteiger charge is -2.19. The molecule has 3 N–H and O–H groups in total. The van der Waals surface area contributed by atoms with Gasteiger partial charge in [-0.3, -0.25) is 0 Å². The van der Waals surface area contributed by atoms with E-state index < -0.39 is 0 Å². The van der Waals surface area contributed by atoms with Crippen LogP contribution in [0.15, 0.2) is 24.3 Å². The van der Waals surface area contributed by atoms with Crippen molar-refractivity contribution in [1.82, 2.24) is 10.2 Å². The summed E-state index contributed by atoms with van der Waals surface area (Å²) in [6.07, 6.45) is 0. The van der Waals surface area contributed by atoms with Crippen LogP contribution < -0.4 is 11.1 Å². The van der Waals surface area contributed by atoms with Gasteiger partial charge in [0.15, 0.2) is 0 Å². The second-order valence-electron chi connectivity index (χ2n) is 3.86. The standard InChI is InChI=1S/C13H21N3O/c1-3-16(4-2)13(17)15-10-12-7-5-6-11(8-12)9-14/h5-8H,3-4,9-10,14H2,1-2H3,(H,15,17). The fraction of sp³-hybridized carbons (Fsp3) is 0.462. The molecular weight excluding hydrogens is 214 g/mol. The molecule has 0 aliphatic carbocycles. The van der Waals surface area contributed by atoms with E-state index in [-0.39, 0.29) is 6.03 Å². The summed E-state index contributed by atoms with van der Waals surface area (Å²) in [7, 11) is 0. The van der Waals surface area contributed by atoms with E-state index in [1.54, 1.807) is 4.90 Å². The number of urea groups is 1. The van der Waals surface area contributed by atoms with Crippen LogP contribution in [0.4, 0.5) is 4.79 Å². The topological polar surface area (TPSA) is 58.4 Å². The highest BCUT2D eigenvalue weighted by Gasteiger charge is 2.07. The van der Waals surface area contributed by atoms with E-state index in [2.05, 4.69) is 5.32 Å². The molecule has 0 aromatic heterocycles. The zero-order valence-electron chi connectivity index (χ0n) is 10.6. The lowest BCUT2D eigenvalue weighted by Crippen LogP contribution is -2.39. The zero-order chi connectivity index (χ0) is 12.7. The van der Waals surface area contributed by atoms with Gasteiger partial charge in [-0.25, -0.2) is 4.79 Å². The lowest BCUT2D eigenvalue weighted by molar-refractivity contribution is 0.203. The molecule has 0 atom stereocenters. The number of carbonyl (C=O) groups is 1. The van der Waals surface area contributed by atoms with E-state index in [0.717, 1.165) is 24.2 Å². The van der Waals surface area contributed by atoms with Crippen LogP contribution in [-0.4, -0.2) is 24.0 Å². The van der Waals surface area contributed by atoms with Gasteiger partial charge in [0.1, 0.15) is 0 Å². The van der Waals surface area contributed by atoms with Gasteiger partial charge in [0.25, 0.3) is 0 Å². The molecule has 1 rings (SSSR count). The molecule has 4 heteroatoms. The van der Waals surface area contributed by atoms with E-state index in [1.165, 1.54) is 0 Å². The van der Waals surface area contributed by atoms with Crippen LogP contribution in [0.25, 0.3) is 0 Å². The SMILES string of the molecule is CCN(CC)C(=O)NCc1cccc(CN)c1. The molecule has 0 spiro atoms. The van der Waals surface area contributed by atoms with Gasteiger partial charge in [-0.2, -0.15) is 0 Å². The highest BCUT2D eigenvalue weighted by Crippen LogP contribution is 2.04. The summed E-state index contributed by atoms with van der Waals surface area (Å²) >= 11 is 0. The molecule has 1 aromatic carbocycles. The van der Waals surface area contributed by atoms with Crippen molar-refractivity contribution in [3.63, 3.8) is 0 Å². The maximum Gasteiger partial charge on any atom is 0.317 e. The Balaban J connectivity index is 2.52. The molecule has 0 saturated heterocycles. The average molecular weight is 235 g/mol. The highest BCUT2D eigenvalue weighted by molar-refractivity contribution is 5.74. The first-order valence-corrected chi connectivity index (χ1v) is 6.01. The summed E-state index contributed by atoms with van der Waals surface area (Å²) in [5.74, 6) is 0. The Bertz CT molecular complexity index is 361. The monoisotopic (exact) mass is 235 g/mol. The summed E-state index contributed by atoms with van der Waals surface area (Å²) < 4.78 is 0. The van der Waals surface area contributed by atoms with Gasteiger partial charge in [-0.05, 0) is 25.0 Å². The molecule has 0 fully saturated rings. The second-order valence-corrected chi connectivity index (χ2v) is 3.86. The van der Waals surface area contributed by atoms with E-state index in [1.807, 2.05) is 38.1 Å². The van der Waals surface area contributed by atoms with Crippen molar-refractivity contribution in [1.29, 1.82) is 0 Å². The minimum Gasteiger partial charge on any atom is -0.334 e. The summed E-state index contributed by atoms with van der Waals surface area (Å²) in [6, 6.07) is 7.93. The summed E-state index contributed by atoms with van der Waals surface area (Å²) in [5.41, 5.74) is 7.73. The van der Waals surface area contributed by atoms with Gasteiger partial charge in [-0.1, -0.05) is 24.3 Å². The normalized spacial score (nSPS) is 10.1. The molecule has 0 saturated carbocycles. The smallest absolute Gasteiger partial charge is 0.317 e. The van der Waals surface area contributed by atoms with Crippen LogP contribution in [0.3, 0.4) is 0 Å². The minimum atomic E-state index is -0.0202. The Labute approximate surface area is 103 Å². The molecule has 0 unspecified atom stereocenters. The number of nitrogens with two attached hydrogens (primary N) is 1. The van der Waals surface area contributed by atoms with E-state index in [4.69, 9.17) is 5.73 Å². The molecule has 0 heterocycles. The van der Waals surface area contributed by atoms with Crippen molar-refractivity contribution < 1.29 is 4.79 Å². The van der Waals surface area contributed by atoms with Crippen LogP contribution >= 0.6 is 0 Å². The number of carbonyl (C=O) groups excluding carboxylic acids is 1. The fourth-order valence-electron chi connectivity index (χ4n) is 1.67. The molecule has 4 nitrogen and oxygen atoms in total. The van der Waals surface area contributed by atoms with Crippen molar-refractivity contribution in [3.8, 4) is 0 Å². The highest BCUT2D eigenvalue weighted by atomic mass is 16.2. The third-order valence-corrected chi connectivity index (χ3v) is 2.72. The lowest BCUT2D eigenvalue weighted by atomic mass is 10.1. The van der Waals surface area contributed by atoms with Crippen LogP contribution in [-0.2, 0) is 13.1 Å². The summed E-state index contributed by atoms with van der Waals surface area (Å²) in [6.45, 7) is 6.47. The maximum atomic E-state index is 11.7. The third kappa shape index (κ3) is 4.07. The predicted molar refractivity (Wildman–Crippen MR) is 69.5 cm³/mol. The Morgan fingerprint density at radius 2 is 1.94 bits per heavy atom. The predicted octanol–water partition coefficient (Wildman–Crippen LogP) is 1.70. The van der Waals surface area contributed by atoms with Gasteiger partial charge in [0.05, 0.1) is 0 Å². The minimum absolute atomic E-state index is 0.0202. The number of nitrogens with zero attached hydrogens (tertiary/aromatic N) is 1. The molecule has 17 heavy (non-hydrogen) atoms. The molecule has 0 aliphatic rings. The zero-order valence-corrected chi connectivity index (χ0v) is 10.6.